The van der Waals surface area contributed by atoms with Crippen LogP contribution in [-0.2, 0) is 4.79 Å². The van der Waals surface area contributed by atoms with Gasteiger partial charge in [0, 0.05) is 13.1 Å². The van der Waals surface area contributed by atoms with E-state index in [1.807, 2.05) is 11.0 Å². The van der Waals surface area contributed by atoms with Gasteiger partial charge in [0.1, 0.15) is 6.42 Å². The van der Waals surface area contributed by atoms with Gasteiger partial charge in [0.25, 0.3) is 0 Å². The van der Waals surface area contributed by atoms with Crippen LogP contribution in [0.2, 0.25) is 0 Å². The molecule has 0 saturated carbocycles. The second kappa shape index (κ2) is 4.27. The van der Waals surface area contributed by atoms with E-state index in [1.54, 1.807) is 0 Å². The summed E-state index contributed by atoms with van der Waals surface area (Å²) in [7, 11) is 0. The van der Waals surface area contributed by atoms with Crippen molar-refractivity contribution in [3.8, 4) is 6.07 Å². The predicted molar refractivity (Wildman–Crippen MR) is 49.8 cm³/mol. The summed E-state index contributed by atoms with van der Waals surface area (Å²) in [5.74, 6) is 1.26. The van der Waals surface area contributed by atoms with Crippen LogP contribution in [0.1, 0.15) is 26.7 Å². The maximum absolute atomic E-state index is 11.3. The molecule has 3 nitrogen and oxygen atoms in total. The van der Waals surface area contributed by atoms with Crippen molar-refractivity contribution in [2.75, 3.05) is 13.1 Å². The van der Waals surface area contributed by atoms with Gasteiger partial charge < -0.3 is 4.90 Å². The Hall–Kier alpha value is -1.04. The molecular formula is C10H16N2O. The molecule has 1 heterocycles. The summed E-state index contributed by atoms with van der Waals surface area (Å²) in [6, 6.07) is 1.90. The second-order valence-electron chi connectivity index (χ2n) is 3.97. The molecular weight excluding hydrogens is 164 g/mol. The van der Waals surface area contributed by atoms with Crippen molar-refractivity contribution in [2.24, 2.45) is 11.8 Å². The van der Waals surface area contributed by atoms with Gasteiger partial charge in [0.2, 0.25) is 5.91 Å². The quantitative estimate of drug-likeness (QED) is 0.644. The van der Waals surface area contributed by atoms with Gasteiger partial charge in [-0.2, -0.15) is 5.26 Å². The number of amides is 1. The summed E-state index contributed by atoms with van der Waals surface area (Å²) in [6.07, 6.45) is 1.12. The molecule has 0 N–H and O–H groups in total. The van der Waals surface area contributed by atoms with Gasteiger partial charge in [-0.3, -0.25) is 4.79 Å². The Labute approximate surface area is 79.3 Å². The van der Waals surface area contributed by atoms with Crippen molar-refractivity contribution in [2.45, 2.75) is 26.7 Å². The number of carbonyl (C=O) groups is 1. The molecule has 1 atom stereocenters. The number of nitriles is 1. The summed E-state index contributed by atoms with van der Waals surface area (Å²) >= 11 is 0. The minimum atomic E-state index is -0.00866. The third-order valence-electron chi connectivity index (χ3n) is 2.75. The molecule has 0 bridgehead atoms. The monoisotopic (exact) mass is 180 g/mol. The van der Waals surface area contributed by atoms with Crippen LogP contribution in [0, 0.1) is 23.2 Å². The zero-order valence-electron chi connectivity index (χ0n) is 8.29. The molecule has 1 fully saturated rings. The fourth-order valence-electron chi connectivity index (χ4n) is 1.74. The summed E-state index contributed by atoms with van der Waals surface area (Å²) in [5.41, 5.74) is 0. The lowest BCUT2D eigenvalue weighted by atomic mass is 9.95. The average molecular weight is 180 g/mol. The van der Waals surface area contributed by atoms with E-state index in [4.69, 9.17) is 5.26 Å². The van der Waals surface area contributed by atoms with E-state index >= 15 is 0 Å². The van der Waals surface area contributed by atoms with Crippen LogP contribution in [-0.4, -0.2) is 23.9 Å². The summed E-state index contributed by atoms with van der Waals surface area (Å²) < 4.78 is 0. The molecule has 13 heavy (non-hydrogen) atoms. The maximum Gasteiger partial charge on any atom is 0.236 e. The van der Waals surface area contributed by atoms with Crippen molar-refractivity contribution in [3.05, 3.63) is 0 Å². The smallest absolute Gasteiger partial charge is 0.236 e. The first-order valence-corrected chi connectivity index (χ1v) is 4.80. The molecule has 1 rings (SSSR count). The third kappa shape index (κ3) is 2.45. The minimum absolute atomic E-state index is 0.00866. The standard InChI is InChI=1S/C10H16N2O/c1-8(2)9-4-6-12(7-9)10(13)3-5-11/h8-9H,3-4,6-7H2,1-2H3. The van der Waals surface area contributed by atoms with Crippen molar-refractivity contribution in [3.63, 3.8) is 0 Å². The first kappa shape index (κ1) is 10.0. The average Bonchev–Trinajstić information content (AvgIpc) is 2.52. The normalized spacial score (nSPS) is 22.0. The highest BCUT2D eigenvalue weighted by molar-refractivity contribution is 5.78. The van der Waals surface area contributed by atoms with Crippen molar-refractivity contribution >= 4 is 5.91 Å². The van der Waals surface area contributed by atoms with Gasteiger partial charge in [0.05, 0.1) is 6.07 Å². The van der Waals surface area contributed by atoms with E-state index in [0.29, 0.717) is 11.8 Å². The lowest BCUT2D eigenvalue weighted by molar-refractivity contribution is -0.129. The molecule has 1 aliphatic rings. The zero-order chi connectivity index (χ0) is 9.84. The molecule has 0 aromatic carbocycles. The van der Waals surface area contributed by atoms with Crippen LogP contribution in [0.5, 0.6) is 0 Å². The number of hydrogen-bond acceptors (Lipinski definition) is 2. The predicted octanol–water partition coefficient (Wildman–Crippen LogP) is 1.40. The molecule has 1 saturated heterocycles. The van der Waals surface area contributed by atoms with Crippen molar-refractivity contribution in [1.29, 1.82) is 5.26 Å². The Bertz CT molecular complexity index is 230. The van der Waals surface area contributed by atoms with Gasteiger partial charge in [-0.25, -0.2) is 0 Å². The highest BCUT2D eigenvalue weighted by atomic mass is 16.2. The van der Waals surface area contributed by atoms with E-state index in [2.05, 4.69) is 13.8 Å². The fraction of sp³-hybridized carbons (Fsp3) is 0.800. The topological polar surface area (TPSA) is 44.1 Å². The van der Waals surface area contributed by atoms with Crippen LogP contribution in [0.25, 0.3) is 0 Å². The molecule has 0 radical (unpaired) electrons. The number of rotatable bonds is 2. The lowest BCUT2D eigenvalue weighted by Gasteiger charge is -2.16. The van der Waals surface area contributed by atoms with E-state index in [9.17, 15) is 4.79 Å². The van der Waals surface area contributed by atoms with Gasteiger partial charge in [-0.1, -0.05) is 13.8 Å². The molecule has 3 heteroatoms. The largest absolute Gasteiger partial charge is 0.342 e. The lowest BCUT2D eigenvalue weighted by Crippen LogP contribution is -2.28. The molecule has 1 unspecified atom stereocenters. The summed E-state index contributed by atoms with van der Waals surface area (Å²) in [4.78, 5) is 13.1. The van der Waals surface area contributed by atoms with Crippen LogP contribution in [0.3, 0.4) is 0 Å². The van der Waals surface area contributed by atoms with E-state index in [-0.39, 0.29) is 12.3 Å². The zero-order valence-corrected chi connectivity index (χ0v) is 8.29. The first-order valence-electron chi connectivity index (χ1n) is 4.80. The third-order valence-corrected chi connectivity index (χ3v) is 2.75. The fourth-order valence-corrected chi connectivity index (χ4v) is 1.74. The number of hydrogen-bond donors (Lipinski definition) is 0. The number of nitrogens with zero attached hydrogens (tertiary/aromatic N) is 2. The van der Waals surface area contributed by atoms with Crippen LogP contribution in [0.4, 0.5) is 0 Å². The molecule has 0 spiro atoms. The van der Waals surface area contributed by atoms with Crippen molar-refractivity contribution < 1.29 is 4.79 Å². The Morgan fingerprint density at radius 3 is 2.85 bits per heavy atom. The highest BCUT2D eigenvalue weighted by Gasteiger charge is 2.27. The van der Waals surface area contributed by atoms with Gasteiger partial charge in [0.15, 0.2) is 0 Å². The van der Waals surface area contributed by atoms with Crippen molar-refractivity contribution in [1.82, 2.24) is 4.90 Å². The maximum atomic E-state index is 11.3. The number of carbonyl (C=O) groups excluding carboxylic acids is 1. The Kier molecular flexibility index (Phi) is 3.30. The summed E-state index contributed by atoms with van der Waals surface area (Å²) in [5, 5.41) is 8.37. The highest BCUT2D eigenvalue weighted by Crippen LogP contribution is 2.23. The van der Waals surface area contributed by atoms with Gasteiger partial charge in [-0.15, -0.1) is 0 Å². The molecule has 0 aliphatic carbocycles. The molecule has 72 valence electrons. The van der Waals surface area contributed by atoms with E-state index in [1.165, 1.54) is 0 Å². The molecule has 0 aromatic heterocycles. The Morgan fingerprint density at radius 2 is 2.38 bits per heavy atom. The van der Waals surface area contributed by atoms with E-state index in [0.717, 1.165) is 19.5 Å². The Morgan fingerprint density at radius 1 is 1.69 bits per heavy atom. The van der Waals surface area contributed by atoms with Crippen LogP contribution >= 0.6 is 0 Å². The molecule has 1 aliphatic heterocycles. The van der Waals surface area contributed by atoms with Gasteiger partial charge in [-0.05, 0) is 18.3 Å². The molecule has 1 amide bonds. The van der Waals surface area contributed by atoms with Gasteiger partial charge >= 0.3 is 0 Å². The Balaban J connectivity index is 2.41. The number of likely N-dealkylation sites (tertiary alicyclic amines) is 1. The second-order valence-corrected chi connectivity index (χ2v) is 3.97. The SMILES string of the molecule is CC(C)C1CCN(C(=O)CC#N)C1. The van der Waals surface area contributed by atoms with E-state index < -0.39 is 0 Å². The van der Waals surface area contributed by atoms with Crippen LogP contribution in [0.15, 0.2) is 0 Å². The molecule has 0 aromatic rings. The minimum Gasteiger partial charge on any atom is -0.342 e. The van der Waals surface area contributed by atoms with Crippen LogP contribution < -0.4 is 0 Å². The summed E-state index contributed by atoms with van der Waals surface area (Å²) in [6.45, 7) is 6.05. The first-order chi connectivity index (χ1) is 6.15.